The fourth-order valence-corrected chi connectivity index (χ4v) is 2.93. The van der Waals surface area contributed by atoms with Crippen LogP contribution < -0.4 is 4.72 Å². The fraction of sp³-hybridized carbons (Fsp3) is 0.214. The van der Waals surface area contributed by atoms with E-state index in [1.54, 1.807) is 13.8 Å². The Hall–Kier alpha value is -2.73. The van der Waals surface area contributed by atoms with E-state index in [-0.39, 0.29) is 11.3 Å². The molecule has 0 unspecified atom stereocenters. The molecule has 9 heteroatoms. The number of rotatable bonds is 4. The van der Waals surface area contributed by atoms with Gasteiger partial charge in [0.2, 0.25) is 5.91 Å². The lowest BCUT2D eigenvalue weighted by Crippen LogP contribution is -2.32. The average Bonchev–Trinajstić information content (AvgIpc) is 2.78. The maximum atomic E-state index is 13.2. The Labute approximate surface area is 131 Å². The predicted octanol–water partition coefficient (Wildman–Crippen LogP) is 1.35. The molecule has 1 aromatic carbocycles. The largest absolute Gasteiger partial charge is 0.361 e. The van der Waals surface area contributed by atoms with Crippen molar-refractivity contribution in [2.45, 2.75) is 25.2 Å². The summed E-state index contributed by atoms with van der Waals surface area (Å²) in [7, 11) is -4.21. The van der Waals surface area contributed by atoms with Gasteiger partial charge < -0.3 is 4.52 Å². The number of amides is 1. The Bertz CT molecular complexity index is 893. The van der Waals surface area contributed by atoms with E-state index in [4.69, 9.17) is 9.78 Å². The van der Waals surface area contributed by atoms with Crippen LogP contribution in [0.1, 0.15) is 22.6 Å². The highest BCUT2D eigenvalue weighted by Gasteiger charge is 2.21. The minimum absolute atomic E-state index is 0.229. The molecule has 2 aromatic rings. The molecule has 0 aliphatic heterocycles. The molecule has 1 aromatic heterocycles. The Morgan fingerprint density at radius 3 is 2.70 bits per heavy atom. The molecule has 0 bridgehead atoms. The summed E-state index contributed by atoms with van der Waals surface area (Å²) < 4.78 is 44.2. The molecule has 0 aliphatic carbocycles. The smallest absolute Gasteiger partial charge is 0.264 e. The van der Waals surface area contributed by atoms with Gasteiger partial charge in [-0.25, -0.2) is 17.5 Å². The first-order valence-electron chi connectivity index (χ1n) is 6.41. The van der Waals surface area contributed by atoms with Crippen molar-refractivity contribution in [3.8, 4) is 6.07 Å². The second-order valence-corrected chi connectivity index (χ2v) is 6.44. The first kappa shape index (κ1) is 16.6. The third kappa shape index (κ3) is 3.54. The highest BCUT2D eigenvalue weighted by molar-refractivity contribution is 7.90. The SMILES string of the molecule is Cc1noc(C)c1CC(=O)NS(=O)(=O)c1ccc(F)c(C#N)c1. The molecule has 0 spiro atoms. The average molecular weight is 337 g/mol. The summed E-state index contributed by atoms with van der Waals surface area (Å²) in [6, 6.07) is 4.23. The Balaban J connectivity index is 2.21. The maximum Gasteiger partial charge on any atom is 0.264 e. The minimum Gasteiger partial charge on any atom is -0.361 e. The molecule has 0 atom stereocenters. The number of sulfonamides is 1. The molecule has 7 nitrogen and oxygen atoms in total. The molecule has 0 radical (unpaired) electrons. The Morgan fingerprint density at radius 1 is 1.43 bits per heavy atom. The monoisotopic (exact) mass is 337 g/mol. The van der Waals surface area contributed by atoms with Gasteiger partial charge in [0.05, 0.1) is 22.6 Å². The molecule has 0 fully saturated rings. The van der Waals surface area contributed by atoms with Gasteiger partial charge in [0.15, 0.2) is 0 Å². The van der Waals surface area contributed by atoms with Crippen LogP contribution in [0.5, 0.6) is 0 Å². The maximum absolute atomic E-state index is 13.2. The predicted molar refractivity (Wildman–Crippen MR) is 76.1 cm³/mol. The summed E-state index contributed by atoms with van der Waals surface area (Å²) in [5, 5.41) is 12.4. The number of hydrogen-bond acceptors (Lipinski definition) is 6. The number of benzene rings is 1. The number of aryl methyl sites for hydroxylation is 2. The van der Waals surface area contributed by atoms with Crippen LogP contribution in [0.3, 0.4) is 0 Å². The van der Waals surface area contributed by atoms with E-state index in [9.17, 15) is 17.6 Å². The van der Waals surface area contributed by atoms with Crippen LogP contribution in [0.4, 0.5) is 4.39 Å². The lowest BCUT2D eigenvalue weighted by Gasteiger charge is -2.07. The lowest BCUT2D eigenvalue weighted by atomic mass is 10.1. The van der Waals surface area contributed by atoms with E-state index in [1.807, 2.05) is 4.72 Å². The molecule has 1 N–H and O–H groups in total. The summed E-state index contributed by atoms with van der Waals surface area (Å²) in [4.78, 5) is 11.6. The minimum atomic E-state index is -4.21. The molecular weight excluding hydrogens is 325 g/mol. The van der Waals surface area contributed by atoms with Gasteiger partial charge >= 0.3 is 0 Å². The third-order valence-corrected chi connectivity index (χ3v) is 4.51. The zero-order chi connectivity index (χ0) is 17.2. The van der Waals surface area contributed by atoms with E-state index in [0.717, 1.165) is 18.2 Å². The van der Waals surface area contributed by atoms with Gasteiger partial charge in [-0.3, -0.25) is 4.79 Å². The van der Waals surface area contributed by atoms with Crippen LogP contribution >= 0.6 is 0 Å². The molecule has 23 heavy (non-hydrogen) atoms. The number of nitrogens with one attached hydrogen (secondary N) is 1. The topological polar surface area (TPSA) is 113 Å². The zero-order valence-electron chi connectivity index (χ0n) is 12.3. The van der Waals surface area contributed by atoms with Crippen LogP contribution in [0.2, 0.25) is 0 Å². The number of nitrogens with zero attached hydrogens (tertiary/aromatic N) is 2. The van der Waals surface area contributed by atoms with Gasteiger partial charge in [0.25, 0.3) is 10.0 Å². The van der Waals surface area contributed by atoms with Gasteiger partial charge in [-0.05, 0) is 32.0 Å². The molecule has 2 rings (SSSR count). The molecule has 120 valence electrons. The van der Waals surface area contributed by atoms with Crippen molar-refractivity contribution in [3.63, 3.8) is 0 Å². The number of carbonyl (C=O) groups is 1. The van der Waals surface area contributed by atoms with Crippen molar-refractivity contribution in [2.24, 2.45) is 0 Å². The van der Waals surface area contributed by atoms with E-state index >= 15 is 0 Å². The number of aromatic nitrogens is 1. The van der Waals surface area contributed by atoms with Crippen LogP contribution in [0.15, 0.2) is 27.6 Å². The van der Waals surface area contributed by atoms with E-state index in [0.29, 0.717) is 17.0 Å². The molecule has 0 saturated carbocycles. The van der Waals surface area contributed by atoms with Crippen LogP contribution in [0.25, 0.3) is 0 Å². The normalized spacial score (nSPS) is 11.0. The number of halogens is 1. The molecular formula is C14H12FN3O4S. The summed E-state index contributed by atoms with van der Waals surface area (Å²) in [5.74, 6) is -1.21. The molecule has 1 amide bonds. The summed E-state index contributed by atoms with van der Waals surface area (Å²) in [6.45, 7) is 3.24. The second kappa shape index (κ2) is 6.18. The third-order valence-electron chi connectivity index (χ3n) is 3.14. The highest BCUT2D eigenvalue weighted by Crippen LogP contribution is 2.16. The highest BCUT2D eigenvalue weighted by atomic mass is 32.2. The van der Waals surface area contributed by atoms with Crippen molar-refractivity contribution in [2.75, 3.05) is 0 Å². The van der Waals surface area contributed by atoms with Crippen LogP contribution in [0, 0.1) is 31.0 Å². The summed E-state index contributed by atoms with van der Waals surface area (Å²) in [6.07, 6.45) is -0.229. The first-order valence-corrected chi connectivity index (χ1v) is 7.90. The number of nitriles is 1. The summed E-state index contributed by atoms with van der Waals surface area (Å²) in [5.41, 5.74) is 0.559. The van der Waals surface area contributed by atoms with Crippen LogP contribution in [-0.2, 0) is 21.2 Å². The molecule has 0 saturated heterocycles. The van der Waals surface area contributed by atoms with Crippen molar-refractivity contribution in [1.29, 1.82) is 5.26 Å². The van der Waals surface area contributed by atoms with Crippen molar-refractivity contribution < 1.29 is 22.1 Å². The summed E-state index contributed by atoms with van der Waals surface area (Å²) >= 11 is 0. The standard InChI is InChI=1S/C14H12FN3O4S/c1-8-12(9(2)22-17-8)6-14(19)18-23(20,21)11-3-4-13(15)10(5-11)7-16/h3-5H,6H2,1-2H3,(H,18,19). The van der Waals surface area contributed by atoms with Gasteiger partial charge in [-0.1, -0.05) is 5.16 Å². The zero-order valence-corrected chi connectivity index (χ0v) is 13.1. The van der Waals surface area contributed by atoms with Crippen molar-refractivity contribution >= 4 is 15.9 Å². The van der Waals surface area contributed by atoms with Gasteiger partial charge in [-0.2, -0.15) is 5.26 Å². The molecule has 0 aliphatic rings. The first-order chi connectivity index (χ1) is 10.7. The van der Waals surface area contributed by atoms with Gasteiger partial charge in [0.1, 0.15) is 17.6 Å². The quantitative estimate of drug-likeness (QED) is 0.901. The van der Waals surface area contributed by atoms with E-state index < -0.39 is 27.3 Å². The second-order valence-electron chi connectivity index (χ2n) is 4.76. The number of carbonyl (C=O) groups excluding carboxylic acids is 1. The van der Waals surface area contributed by atoms with Crippen LogP contribution in [-0.4, -0.2) is 19.5 Å². The van der Waals surface area contributed by atoms with Gasteiger partial charge in [-0.15, -0.1) is 0 Å². The fourth-order valence-electron chi connectivity index (χ4n) is 1.92. The van der Waals surface area contributed by atoms with Crippen molar-refractivity contribution in [3.05, 3.63) is 46.6 Å². The Morgan fingerprint density at radius 2 is 2.13 bits per heavy atom. The van der Waals surface area contributed by atoms with E-state index in [1.165, 1.54) is 6.07 Å². The Kier molecular flexibility index (Phi) is 4.47. The van der Waals surface area contributed by atoms with E-state index in [2.05, 4.69) is 5.16 Å². The number of hydrogen-bond donors (Lipinski definition) is 1. The molecule has 1 heterocycles. The lowest BCUT2D eigenvalue weighted by molar-refractivity contribution is -0.118. The van der Waals surface area contributed by atoms with Gasteiger partial charge in [0, 0.05) is 5.56 Å². The van der Waals surface area contributed by atoms with Crippen molar-refractivity contribution in [1.82, 2.24) is 9.88 Å².